The quantitative estimate of drug-likeness (QED) is 0.847. The van der Waals surface area contributed by atoms with Crippen LogP contribution < -0.4 is 0 Å². The first-order valence-electron chi connectivity index (χ1n) is 6.21. The van der Waals surface area contributed by atoms with E-state index in [0.717, 1.165) is 0 Å². The first-order valence-corrected chi connectivity index (χ1v) is 6.21. The molecule has 2 heterocycles. The molecule has 20 heavy (non-hydrogen) atoms. The number of rotatable bonds is 5. The Hall–Kier alpha value is -2.51. The number of amides is 1. The van der Waals surface area contributed by atoms with Gasteiger partial charge in [-0.3, -0.25) is 9.59 Å². The van der Waals surface area contributed by atoms with Crippen LogP contribution in [0.4, 0.5) is 0 Å². The Kier molecular flexibility index (Phi) is 3.92. The van der Waals surface area contributed by atoms with Crippen LogP contribution in [-0.4, -0.2) is 54.6 Å². The maximum atomic E-state index is 12.4. The van der Waals surface area contributed by atoms with E-state index in [0.29, 0.717) is 23.6 Å². The molecule has 0 aromatic carbocycles. The highest BCUT2D eigenvalue weighted by Gasteiger charge is 2.19. The summed E-state index contributed by atoms with van der Waals surface area (Å²) in [7, 11) is 0. The second-order valence-corrected chi connectivity index (χ2v) is 4.26. The molecule has 106 valence electrons. The molecule has 8 heteroatoms. The van der Waals surface area contributed by atoms with Crippen molar-refractivity contribution >= 4 is 17.7 Å². The number of hydrogen-bond acceptors (Lipinski definition) is 5. The molecule has 1 amide bonds. The van der Waals surface area contributed by atoms with Gasteiger partial charge < -0.3 is 10.0 Å². The lowest BCUT2D eigenvalue weighted by atomic mass is 10.2. The molecule has 1 N–H and O–H groups in total. The SMILES string of the molecule is CCN(CCC(=O)O)C(=O)c1cnc2ncnn2c1C. The van der Waals surface area contributed by atoms with Gasteiger partial charge in [0.05, 0.1) is 17.7 Å². The summed E-state index contributed by atoms with van der Waals surface area (Å²) in [5.74, 6) is -0.762. The number of nitrogens with zero attached hydrogens (tertiary/aromatic N) is 5. The van der Waals surface area contributed by atoms with E-state index in [1.54, 1.807) is 13.8 Å². The monoisotopic (exact) mass is 277 g/mol. The van der Waals surface area contributed by atoms with Crippen LogP contribution in [0.15, 0.2) is 12.5 Å². The van der Waals surface area contributed by atoms with E-state index >= 15 is 0 Å². The summed E-state index contributed by atoms with van der Waals surface area (Å²) in [6, 6.07) is 0. The average Bonchev–Trinajstić information content (AvgIpc) is 2.88. The minimum Gasteiger partial charge on any atom is -0.481 e. The normalized spacial score (nSPS) is 10.7. The van der Waals surface area contributed by atoms with Crippen LogP contribution in [0, 0.1) is 6.92 Å². The highest BCUT2D eigenvalue weighted by atomic mass is 16.4. The Morgan fingerprint density at radius 2 is 2.15 bits per heavy atom. The number of carboxylic acids is 1. The number of hydrogen-bond donors (Lipinski definition) is 1. The van der Waals surface area contributed by atoms with Gasteiger partial charge in [-0.05, 0) is 13.8 Å². The number of aryl methyl sites for hydroxylation is 1. The van der Waals surface area contributed by atoms with E-state index < -0.39 is 5.97 Å². The van der Waals surface area contributed by atoms with Crippen LogP contribution in [0.25, 0.3) is 5.78 Å². The molecule has 0 unspecified atom stereocenters. The number of carboxylic acid groups (broad SMARTS) is 1. The fraction of sp³-hybridized carbons (Fsp3) is 0.417. The van der Waals surface area contributed by atoms with Gasteiger partial charge in [0.25, 0.3) is 11.7 Å². The van der Waals surface area contributed by atoms with Crippen LogP contribution in [0.3, 0.4) is 0 Å². The Balaban J connectivity index is 2.29. The Morgan fingerprint density at radius 1 is 1.40 bits per heavy atom. The van der Waals surface area contributed by atoms with Gasteiger partial charge in [-0.25, -0.2) is 9.50 Å². The largest absolute Gasteiger partial charge is 0.481 e. The van der Waals surface area contributed by atoms with Gasteiger partial charge in [-0.1, -0.05) is 0 Å². The maximum absolute atomic E-state index is 12.4. The molecule has 8 nitrogen and oxygen atoms in total. The van der Waals surface area contributed by atoms with Crippen molar-refractivity contribution in [1.82, 2.24) is 24.5 Å². The van der Waals surface area contributed by atoms with Gasteiger partial charge in [0.15, 0.2) is 0 Å². The van der Waals surface area contributed by atoms with Crippen LogP contribution in [0.1, 0.15) is 29.4 Å². The number of fused-ring (bicyclic) bond motifs is 1. The van der Waals surface area contributed by atoms with Crippen molar-refractivity contribution in [3.63, 3.8) is 0 Å². The molecule has 2 rings (SSSR count). The molecule has 0 saturated heterocycles. The second-order valence-electron chi connectivity index (χ2n) is 4.26. The van der Waals surface area contributed by atoms with E-state index in [9.17, 15) is 9.59 Å². The van der Waals surface area contributed by atoms with Crippen molar-refractivity contribution in [2.24, 2.45) is 0 Å². The molecule has 2 aromatic rings. The van der Waals surface area contributed by atoms with Crippen molar-refractivity contribution in [1.29, 1.82) is 0 Å². The van der Waals surface area contributed by atoms with Gasteiger partial charge in [0.1, 0.15) is 6.33 Å². The molecule has 0 spiro atoms. The molecule has 0 bridgehead atoms. The van der Waals surface area contributed by atoms with Crippen molar-refractivity contribution < 1.29 is 14.7 Å². The Bertz CT molecular complexity index is 652. The van der Waals surface area contributed by atoms with Crippen LogP contribution in [0.2, 0.25) is 0 Å². The molecule has 0 aliphatic rings. The fourth-order valence-corrected chi connectivity index (χ4v) is 1.90. The Labute approximate surface area is 115 Å². The zero-order chi connectivity index (χ0) is 14.7. The Morgan fingerprint density at radius 3 is 2.80 bits per heavy atom. The van der Waals surface area contributed by atoms with Gasteiger partial charge in [-0.2, -0.15) is 10.1 Å². The lowest BCUT2D eigenvalue weighted by molar-refractivity contribution is -0.137. The minimum absolute atomic E-state index is 0.0857. The van der Waals surface area contributed by atoms with E-state index in [4.69, 9.17) is 5.11 Å². The molecule has 0 aliphatic carbocycles. The van der Waals surface area contributed by atoms with E-state index in [1.807, 2.05) is 0 Å². The topological polar surface area (TPSA) is 101 Å². The molecular formula is C12H15N5O3. The second kappa shape index (κ2) is 5.64. The molecule has 0 radical (unpaired) electrons. The third-order valence-corrected chi connectivity index (χ3v) is 3.04. The van der Waals surface area contributed by atoms with Crippen molar-refractivity contribution in [2.45, 2.75) is 20.3 Å². The molecule has 0 atom stereocenters. The summed E-state index contributed by atoms with van der Waals surface area (Å²) in [5.41, 5.74) is 1.03. The fourth-order valence-electron chi connectivity index (χ4n) is 1.90. The van der Waals surface area contributed by atoms with Crippen molar-refractivity contribution in [3.05, 3.63) is 23.8 Å². The van der Waals surface area contributed by atoms with Crippen molar-refractivity contribution in [2.75, 3.05) is 13.1 Å². The maximum Gasteiger partial charge on any atom is 0.305 e. The standard InChI is InChI=1S/C12H15N5O3/c1-3-16(5-4-10(18)19)11(20)9-6-13-12-14-7-15-17(12)8(9)2/h6-7H,3-5H2,1-2H3,(H,18,19). The first-order chi connectivity index (χ1) is 9.54. The molecule has 2 aromatic heterocycles. The number of carbonyl (C=O) groups is 2. The van der Waals surface area contributed by atoms with E-state index in [2.05, 4.69) is 15.1 Å². The predicted molar refractivity (Wildman–Crippen MR) is 69.3 cm³/mol. The van der Waals surface area contributed by atoms with Crippen LogP contribution >= 0.6 is 0 Å². The van der Waals surface area contributed by atoms with Crippen LogP contribution in [0.5, 0.6) is 0 Å². The van der Waals surface area contributed by atoms with Gasteiger partial charge >= 0.3 is 5.97 Å². The number of carbonyl (C=O) groups excluding carboxylic acids is 1. The van der Waals surface area contributed by atoms with Gasteiger partial charge in [0, 0.05) is 19.3 Å². The smallest absolute Gasteiger partial charge is 0.305 e. The molecule has 0 aliphatic heterocycles. The first kappa shape index (κ1) is 13.9. The lowest BCUT2D eigenvalue weighted by Gasteiger charge is -2.20. The number of aliphatic carboxylic acids is 1. The summed E-state index contributed by atoms with van der Waals surface area (Å²) in [6.45, 7) is 4.15. The van der Waals surface area contributed by atoms with Gasteiger partial charge in [0.2, 0.25) is 0 Å². The summed E-state index contributed by atoms with van der Waals surface area (Å²) in [5, 5.41) is 12.7. The molecule has 0 saturated carbocycles. The van der Waals surface area contributed by atoms with Gasteiger partial charge in [-0.15, -0.1) is 0 Å². The molecular weight excluding hydrogens is 262 g/mol. The summed E-state index contributed by atoms with van der Waals surface area (Å²) in [6.07, 6.45) is 2.73. The molecule has 0 fully saturated rings. The number of aromatic nitrogens is 4. The zero-order valence-corrected chi connectivity index (χ0v) is 11.3. The van der Waals surface area contributed by atoms with Crippen molar-refractivity contribution in [3.8, 4) is 0 Å². The average molecular weight is 277 g/mol. The lowest BCUT2D eigenvalue weighted by Crippen LogP contribution is -2.33. The predicted octanol–water partition coefficient (Wildman–Crippen LogP) is 0.370. The summed E-state index contributed by atoms with van der Waals surface area (Å²) < 4.78 is 1.48. The highest BCUT2D eigenvalue weighted by Crippen LogP contribution is 2.11. The summed E-state index contributed by atoms with van der Waals surface area (Å²) >= 11 is 0. The summed E-state index contributed by atoms with van der Waals surface area (Å²) in [4.78, 5) is 32.5. The van der Waals surface area contributed by atoms with E-state index in [1.165, 1.54) is 21.9 Å². The highest BCUT2D eigenvalue weighted by molar-refractivity contribution is 5.95. The van der Waals surface area contributed by atoms with E-state index in [-0.39, 0.29) is 18.9 Å². The third kappa shape index (κ3) is 2.58. The van der Waals surface area contributed by atoms with Crippen LogP contribution in [-0.2, 0) is 4.79 Å². The zero-order valence-electron chi connectivity index (χ0n) is 11.3. The third-order valence-electron chi connectivity index (χ3n) is 3.04. The minimum atomic E-state index is -0.933.